The Balaban J connectivity index is 1.77. The molecule has 3 rings (SSSR count). The van der Waals surface area contributed by atoms with Crippen molar-refractivity contribution in [1.82, 2.24) is 9.97 Å². The molecule has 0 aliphatic carbocycles. The van der Waals surface area contributed by atoms with Gasteiger partial charge in [0.1, 0.15) is 5.82 Å². The quantitative estimate of drug-likeness (QED) is 0.767. The number of H-pyrrole nitrogens is 1. The molecule has 1 aromatic heterocycles. The number of para-hydroxylation sites is 2. The number of aromatic amines is 1. The monoisotopic (exact) mass is 277 g/mol. The van der Waals surface area contributed by atoms with E-state index < -0.39 is 0 Å². The number of aromatic nitrogens is 2. The fourth-order valence-corrected chi connectivity index (χ4v) is 2.11. The number of imidazole rings is 1. The number of hydrogen-bond acceptors (Lipinski definition) is 2. The van der Waals surface area contributed by atoms with Crippen LogP contribution in [-0.2, 0) is 4.79 Å². The first-order valence-electron chi connectivity index (χ1n) is 6.71. The maximum atomic E-state index is 11.0. The van der Waals surface area contributed by atoms with E-state index in [4.69, 9.17) is 0 Å². The molecule has 21 heavy (non-hydrogen) atoms. The van der Waals surface area contributed by atoms with Crippen LogP contribution in [0.3, 0.4) is 0 Å². The number of benzene rings is 2. The average molecular weight is 277 g/mol. The molecule has 0 bridgehead atoms. The van der Waals surface area contributed by atoms with Crippen LogP contribution in [0.15, 0.2) is 48.5 Å². The zero-order valence-electron chi connectivity index (χ0n) is 11.6. The van der Waals surface area contributed by atoms with E-state index in [1.165, 1.54) is 6.92 Å². The molecule has 0 fully saturated rings. The summed E-state index contributed by atoms with van der Waals surface area (Å²) in [4.78, 5) is 18.7. The lowest BCUT2D eigenvalue weighted by atomic mass is 10.2. The molecule has 0 atom stereocenters. The molecule has 1 heterocycles. The molecule has 0 aliphatic heterocycles. The van der Waals surface area contributed by atoms with Gasteiger partial charge < -0.3 is 10.3 Å². The van der Waals surface area contributed by atoms with Crippen LogP contribution in [0.5, 0.6) is 0 Å². The molecule has 4 heteroatoms. The van der Waals surface area contributed by atoms with E-state index in [1.54, 1.807) is 0 Å². The SMILES string of the molecule is CC(=O)Nc1ccc(C=Cc2nc3ccccc3[nH]2)cc1. The minimum Gasteiger partial charge on any atom is -0.338 e. The van der Waals surface area contributed by atoms with Crippen molar-refractivity contribution in [3.05, 3.63) is 59.9 Å². The number of fused-ring (bicyclic) bond motifs is 1. The summed E-state index contributed by atoms with van der Waals surface area (Å²) in [5.74, 6) is 0.753. The summed E-state index contributed by atoms with van der Waals surface area (Å²) in [5.41, 5.74) is 3.82. The number of anilines is 1. The van der Waals surface area contributed by atoms with Crippen LogP contribution in [0, 0.1) is 0 Å². The van der Waals surface area contributed by atoms with Crippen molar-refractivity contribution in [2.75, 3.05) is 5.32 Å². The van der Waals surface area contributed by atoms with E-state index >= 15 is 0 Å². The number of amides is 1. The zero-order valence-corrected chi connectivity index (χ0v) is 11.6. The van der Waals surface area contributed by atoms with Crippen molar-refractivity contribution >= 4 is 34.8 Å². The third-order valence-corrected chi connectivity index (χ3v) is 3.07. The minimum absolute atomic E-state index is 0.0689. The Morgan fingerprint density at radius 2 is 1.86 bits per heavy atom. The van der Waals surface area contributed by atoms with Gasteiger partial charge in [0.25, 0.3) is 0 Å². The number of carbonyl (C=O) groups excluding carboxylic acids is 1. The highest BCUT2D eigenvalue weighted by Crippen LogP contribution is 2.14. The molecule has 2 N–H and O–H groups in total. The molecular formula is C17H15N3O. The van der Waals surface area contributed by atoms with Crippen molar-refractivity contribution in [2.24, 2.45) is 0 Å². The second kappa shape index (κ2) is 5.63. The second-order valence-electron chi connectivity index (χ2n) is 4.78. The fourth-order valence-electron chi connectivity index (χ4n) is 2.11. The molecule has 0 saturated carbocycles. The molecular weight excluding hydrogens is 262 g/mol. The van der Waals surface area contributed by atoms with Gasteiger partial charge in [0.15, 0.2) is 0 Å². The van der Waals surface area contributed by atoms with E-state index in [9.17, 15) is 4.79 Å². The van der Waals surface area contributed by atoms with E-state index in [-0.39, 0.29) is 5.91 Å². The third-order valence-electron chi connectivity index (χ3n) is 3.07. The van der Waals surface area contributed by atoms with Gasteiger partial charge in [-0.15, -0.1) is 0 Å². The van der Waals surface area contributed by atoms with Gasteiger partial charge in [-0.1, -0.05) is 30.3 Å². The van der Waals surface area contributed by atoms with Gasteiger partial charge in [0.05, 0.1) is 11.0 Å². The van der Waals surface area contributed by atoms with Crippen LogP contribution in [0.4, 0.5) is 5.69 Å². The largest absolute Gasteiger partial charge is 0.338 e. The Morgan fingerprint density at radius 1 is 1.10 bits per heavy atom. The predicted octanol–water partition coefficient (Wildman–Crippen LogP) is 3.69. The first kappa shape index (κ1) is 13.1. The minimum atomic E-state index is -0.0689. The summed E-state index contributed by atoms with van der Waals surface area (Å²) in [5, 5.41) is 2.74. The van der Waals surface area contributed by atoms with Gasteiger partial charge in [0.2, 0.25) is 5.91 Å². The maximum absolute atomic E-state index is 11.0. The summed E-state index contributed by atoms with van der Waals surface area (Å²) < 4.78 is 0. The maximum Gasteiger partial charge on any atom is 0.221 e. The molecule has 0 radical (unpaired) electrons. The van der Waals surface area contributed by atoms with Gasteiger partial charge in [-0.05, 0) is 35.9 Å². The van der Waals surface area contributed by atoms with E-state index in [0.29, 0.717) is 0 Å². The number of rotatable bonds is 3. The summed E-state index contributed by atoms with van der Waals surface area (Å²) >= 11 is 0. The van der Waals surface area contributed by atoms with Crippen molar-refractivity contribution < 1.29 is 4.79 Å². The standard InChI is InChI=1S/C17H15N3O/c1-12(21)18-14-9-6-13(7-10-14)8-11-17-19-15-4-2-3-5-16(15)20-17/h2-11H,1H3,(H,18,21)(H,19,20). The average Bonchev–Trinajstić information content (AvgIpc) is 2.89. The Hall–Kier alpha value is -2.88. The van der Waals surface area contributed by atoms with Gasteiger partial charge in [-0.2, -0.15) is 0 Å². The van der Waals surface area contributed by atoms with Crippen LogP contribution in [0.1, 0.15) is 18.3 Å². The number of hydrogen-bond donors (Lipinski definition) is 2. The van der Waals surface area contributed by atoms with Gasteiger partial charge in [-0.25, -0.2) is 4.98 Å². The molecule has 4 nitrogen and oxygen atoms in total. The summed E-state index contributed by atoms with van der Waals surface area (Å²) in [6.07, 6.45) is 3.92. The number of nitrogens with one attached hydrogen (secondary N) is 2. The Kier molecular flexibility index (Phi) is 3.51. The lowest BCUT2D eigenvalue weighted by Gasteiger charge is -2.01. The highest BCUT2D eigenvalue weighted by Gasteiger charge is 1.98. The van der Waals surface area contributed by atoms with Gasteiger partial charge in [-0.3, -0.25) is 4.79 Å². The molecule has 1 amide bonds. The zero-order chi connectivity index (χ0) is 14.7. The fraction of sp³-hybridized carbons (Fsp3) is 0.0588. The smallest absolute Gasteiger partial charge is 0.221 e. The van der Waals surface area contributed by atoms with Crippen LogP contribution < -0.4 is 5.32 Å². The Labute approximate surface area is 122 Å². The predicted molar refractivity (Wildman–Crippen MR) is 85.8 cm³/mol. The first-order chi connectivity index (χ1) is 10.2. The highest BCUT2D eigenvalue weighted by atomic mass is 16.1. The van der Waals surface area contributed by atoms with Gasteiger partial charge in [0, 0.05) is 12.6 Å². The second-order valence-corrected chi connectivity index (χ2v) is 4.78. The summed E-state index contributed by atoms with van der Waals surface area (Å²) in [7, 11) is 0. The van der Waals surface area contributed by atoms with E-state index in [0.717, 1.165) is 28.1 Å². The molecule has 2 aromatic carbocycles. The first-order valence-corrected chi connectivity index (χ1v) is 6.71. The van der Waals surface area contributed by atoms with E-state index in [1.807, 2.05) is 60.7 Å². The van der Waals surface area contributed by atoms with Gasteiger partial charge >= 0.3 is 0 Å². The van der Waals surface area contributed by atoms with Crippen LogP contribution in [-0.4, -0.2) is 15.9 Å². The normalized spacial score (nSPS) is 11.1. The molecule has 0 spiro atoms. The van der Waals surface area contributed by atoms with Crippen molar-refractivity contribution in [3.8, 4) is 0 Å². The van der Waals surface area contributed by atoms with Crippen LogP contribution in [0.2, 0.25) is 0 Å². The lowest BCUT2D eigenvalue weighted by Crippen LogP contribution is -2.05. The lowest BCUT2D eigenvalue weighted by molar-refractivity contribution is -0.114. The highest BCUT2D eigenvalue weighted by molar-refractivity contribution is 5.88. The summed E-state index contributed by atoms with van der Waals surface area (Å²) in [6.45, 7) is 1.50. The summed E-state index contributed by atoms with van der Waals surface area (Å²) in [6, 6.07) is 15.6. The van der Waals surface area contributed by atoms with Crippen LogP contribution >= 0.6 is 0 Å². The topological polar surface area (TPSA) is 57.8 Å². The number of carbonyl (C=O) groups is 1. The van der Waals surface area contributed by atoms with E-state index in [2.05, 4.69) is 15.3 Å². The third kappa shape index (κ3) is 3.17. The number of nitrogens with zero attached hydrogens (tertiary/aromatic N) is 1. The Bertz CT molecular complexity index is 767. The van der Waals surface area contributed by atoms with Crippen molar-refractivity contribution in [1.29, 1.82) is 0 Å². The molecule has 104 valence electrons. The van der Waals surface area contributed by atoms with Crippen molar-refractivity contribution in [2.45, 2.75) is 6.92 Å². The van der Waals surface area contributed by atoms with Crippen molar-refractivity contribution in [3.63, 3.8) is 0 Å². The molecule has 0 saturated heterocycles. The Morgan fingerprint density at radius 3 is 2.57 bits per heavy atom. The molecule has 0 aliphatic rings. The van der Waals surface area contributed by atoms with Crippen LogP contribution in [0.25, 0.3) is 23.2 Å². The molecule has 0 unspecified atom stereocenters. The molecule has 3 aromatic rings.